The van der Waals surface area contributed by atoms with Gasteiger partial charge < -0.3 is 43.4 Å². The quantitative estimate of drug-likeness (QED) is 0.0307. The lowest BCUT2D eigenvalue weighted by atomic mass is 10.1. The second-order valence-corrected chi connectivity index (χ2v) is 23.7. The number of anilines is 8. The Morgan fingerprint density at radius 3 is 1.51 bits per heavy atom. The Morgan fingerprint density at radius 2 is 1.01 bits per heavy atom. The fourth-order valence-electron chi connectivity index (χ4n) is 6.84. The molecule has 0 radical (unpaired) electrons. The van der Waals surface area contributed by atoms with Crippen molar-refractivity contribution in [3.05, 3.63) is 103 Å². The van der Waals surface area contributed by atoms with E-state index in [9.17, 15) is 78.7 Å². The van der Waals surface area contributed by atoms with Gasteiger partial charge in [0.2, 0.25) is 23.8 Å². The molecule has 7 aromatic rings. The first-order valence-corrected chi connectivity index (χ1v) is 29.1. The largest absolute Gasteiger partial charge is 0.352 e. The lowest BCUT2D eigenvalue weighted by Crippen LogP contribution is -2.27. The molecule has 14 N–H and O–H groups in total. The number of nitrogens with one attached hydrogen (secondary N) is 6. The predicted octanol–water partition coefficient (Wildman–Crippen LogP) is 5.60. The Labute approximate surface area is 459 Å². The van der Waals surface area contributed by atoms with Crippen LogP contribution >= 0.6 is 0 Å². The first-order valence-electron chi connectivity index (χ1n) is 21.8. The summed E-state index contributed by atoms with van der Waals surface area (Å²) in [5.41, 5.74) is 8.60. The highest BCUT2D eigenvalue weighted by molar-refractivity contribution is 7.94. The van der Waals surface area contributed by atoms with E-state index in [2.05, 4.69) is 88.8 Å². The van der Waals surface area contributed by atoms with Gasteiger partial charge in [0.15, 0.2) is 9.84 Å². The van der Waals surface area contributed by atoms with Gasteiger partial charge in [0.25, 0.3) is 40.5 Å². The van der Waals surface area contributed by atoms with Crippen molar-refractivity contribution in [3.63, 3.8) is 0 Å². The fraction of sp³-hybridized carbons (Fsp3) is 0.0732. The van der Waals surface area contributed by atoms with Crippen LogP contribution in [0.3, 0.4) is 0 Å². The lowest BCUT2D eigenvalue weighted by molar-refractivity contribution is 0.258. The lowest BCUT2D eigenvalue weighted by Gasteiger charge is -2.16. The summed E-state index contributed by atoms with van der Waals surface area (Å²) in [7, 11) is -24.9. The van der Waals surface area contributed by atoms with Gasteiger partial charge in [-0.2, -0.15) is 72.4 Å². The van der Waals surface area contributed by atoms with Crippen LogP contribution in [0.25, 0.3) is 10.8 Å². The highest BCUT2D eigenvalue weighted by Gasteiger charge is 2.26. The number of hydrogen-bond acceptors (Lipinski definition) is 26. The van der Waals surface area contributed by atoms with Crippen molar-refractivity contribution in [1.82, 2.24) is 29.9 Å². The first kappa shape index (κ1) is 60.2. The molecule has 0 aliphatic carbocycles. The summed E-state index contributed by atoms with van der Waals surface area (Å²) < 4.78 is 190. The number of carbonyl (C=O) groups excluding carboxylic acids is 2. The standard InChI is InChI=1S/C41H36F2N18O16S5/c1-3-78(64,65)22-6-9-27(33(14-22)82(75,76)77)60-58-25-7-4-20(12-28(25)50-36(44)62)48-40-54-34(42)52-38(56-40)46-17-18(2)47-39-53-35(43)55-41(57-39)49-21-5-8-26(29(13-21)51-37(45)63)59-61-30-16-24-19(11-32(30)81(72,73)74)10-23(79(66,67)68)15-31(24)80(69,70)71/h3-16,18H,1,17H2,2H3,(H3,44,50,62)(H3,45,51,63)(H,66,67,68)(H,69,70,71)(H,72,73,74)(H,75,76,77)(H2,46,48,52,54,56)(H2,47,49,53,55,57)/b60-58+,61-59+. The van der Waals surface area contributed by atoms with Crippen molar-refractivity contribution >= 4 is 142 Å². The van der Waals surface area contributed by atoms with Crippen LogP contribution in [0, 0.1) is 12.2 Å². The van der Waals surface area contributed by atoms with Crippen LogP contribution in [0.4, 0.5) is 87.7 Å². The highest BCUT2D eigenvalue weighted by Crippen LogP contribution is 2.38. The number of fused-ring (bicyclic) bond motifs is 1. The van der Waals surface area contributed by atoms with E-state index in [0.29, 0.717) is 35.7 Å². The van der Waals surface area contributed by atoms with Gasteiger partial charge in [0, 0.05) is 34.8 Å². The molecule has 41 heteroatoms. The van der Waals surface area contributed by atoms with Gasteiger partial charge in [-0.1, -0.05) is 6.58 Å². The van der Waals surface area contributed by atoms with E-state index in [4.69, 9.17) is 11.5 Å². The Kier molecular flexibility index (Phi) is 17.1. The first-order chi connectivity index (χ1) is 38.1. The van der Waals surface area contributed by atoms with E-state index in [-0.39, 0.29) is 52.6 Å². The second kappa shape index (κ2) is 23.3. The minimum atomic E-state index is -5.28. The maximum atomic E-state index is 14.8. The minimum absolute atomic E-state index is 0.00897. The van der Waals surface area contributed by atoms with Crippen LogP contribution in [0.5, 0.6) is 0 Å². The van der Waals surface area contributed by atoms with Crippen molar-refractivity contribution < 1.29 is 78.7 Å². The van der Waals surface area contributed by atoms with Gasteiger partial charge >= 0.3 is 24.2 Å². The van der Waals surface area contributed by atoms with Gasteiger partial charge in [-0.25, -0.2) is 18.0 Å². The Bertz CT molecular complexity index is 4450. The van der Waals surface area contributed by atoms with Crippen molar-refractivity contribution in [3.8, 4) is 0 Å². The van der Waals surface area contributed by atoms with E-state index >= 15 is 0 Å². The molecule has 2 heterocycles. The van der Waals surface area contributed by atoms with E-state index < -0.39 is 139 Å². The number of carbonyl (C=O) groups is 2. The van der Waals surface area contributed by atoms with Crippen molar-refractivity contribution in [2.24, 2.45) is 31.9 Å². The summed E-state index contributed by atoms with van der Waals surface area (Å²) in [6, 6.07) is 9.17. The zero-order valence-corrected chi connectivity index (χ0v) is 44.8. The van der Waals surface area contributed by atoms with Crippen LogP contribution in [-0.2, 0) is 50.3 Å². The number of urea groups is 2. The normalized spacial score (nSPS) is 12.7. The fourth-order valence-corrected chi connectivity index (χ4v) is 10.3. The molecule has 0 spiro atoms. The number of nitrogens with zero attached hydrogens (tertiary/aromatic N) is 10. The van der Waals surface area contributed by atoms with Gasteiger partial charge in [-0.3, -0.25) is 18.2 Å². The maximum Gasteiger partial charge on any atom is 0.316 e. The molecule has 0 aliphatic heterocycles. The van der Waals surface area contributed by atoms with E-state index in [1.807, 2.05) is 0 Å². The van der Waals surface area contributed by atoms with Gasteiger partial charge in [0.1, 0.15) is 37.4 Å². The predicted molar refractivity (Wildman–Crippen MR) is 282 cm³/mol. The van der Waals surface area contributed by atoms with Gasteiger partial charge in [0.05, 0.1) is 21.2 Å². The highest BCUT2D eigenvalue weighted by atomic mass is 32.2. The molecule has 1 atom stereocenters. The molecule has 34 nitrogen and oxygen atoms in total. The van der Waals surface area contributed by atoms with E-state index in [1.165, 1.54) is 24.3 Å². The number of nitrogens with two attached hydrogens (primary N) is 2. The summed E-state index contributed by atoms with van der Waals surface area (Å²) in [6.07, 6.45) is -2.59. The maximum absolute atomic E-state index is 14.8. The van der Waals surface area contributed by atoms with Gasteiger partial charge in [-0.15, -0.1) is 20.5 Å². The van der Waals surface area contributed by atoms with Crippen molar-refractivity contribution in [2.75, 3.05) is 38.4 Å². The smallest absolute Gasteiger partial charge is 0.316 e. The summed E-state index contributed by atoms with van der Waals surface area (Å²) in [5, 5.41) is 30.2. The monoisotopic (exact) mass is 1230 g/mol. The van der Waals surface area contributed by atoms with Gasteiger partial charge in [-0.05, 0) is 91.2 Å². The van der Waals surface area contributed by atoms with Crippen molar-refractivity contribution in [1.29, 1.82) is 0 Å². The molecule has 0 fully saturated rings. The third-order valence-corrected chi connectivity index (χ3v) is 15.1. The average Bonchev–Trinajstić information content (AvgIpc) is 3.48. The molecule has 0 saturated carbocycles. The van der Waals surface area contributed by atoms with Crippen LogP contribution in [0.2, 0.25) is 0 Å². The van der Waals surface area contributed by atoms with Crippen molar-refractivity contribution in [2.45, 2.75) is 37.4 Å². The molecule has 430 valence electrons. The van der Waals surface area contributed by atoms with E-state index in [0.717, 1.165) is 24.3 Å². The second-order valence-electron chi connectivity index (χ2n) is 16.2. The van der Waals surface area contributed by atoms with Crippen LogP contribution in [0.15, 0.2) is 136 Å². The molecule has 4 amide bonds. The number of aromatic nitrogens is 6. The molecular weight excluding hydrogens is 1200 g/mol. The summed E-state index contributed by atoms with van der Waals surface area (Å²) in [4.78, 5) is 41.8. The molecule has 0 saturated heterocycles. The molecule has 5 aromatic carbocycles. The summed E-state index contributed by atoms with van der Waals surface area (Å²) >= 11 is 0. The minimum Gasteiger partial charge on any atom is -0.352 e. The molecular formula is C41H36F2N18O16S5. The number of azo groups is 2. The zero-order chi connectivity index (χ0) is 60.3. The van der Waals surface area contributed by atoms with Crippen LogP contribution in [0.1, 0.15) is 6.92 Å². The number of benzene rings is 5. The van der Waals surface area contributed by atoms with Crippen LogP contribution in [-0.4, -0.2) is 115 Å². The molecule has 0 bridgehead atoms. The Hall–Kier alpha value is -9.49. The molecule has 7 rings (SSSR count). The molecule has 1 unspecified atom stereocenters. The Balaban J connectivity index is 1.05. The van der Waals surface area contributed by atoms with E-state index in [1.54, 1.807) is 6.92 Å². The average molecular weight is 1240 g/mol. The molecule has 0 aliphatic rings. The third kappa shape index (κ3) is 15.2. The third-order valence-electron chi connectivity index (χ3n) is 10.3. The zero-order valence-electron chi connectivity index (χ0n) is 40.7. The number of halogens is 2. The number of rotatable bonds is 21. The Morgan fingerprint density at radius 1 is 0.561 bits per heavy atom. The number of hydrogen-bond donors (Lipinski definition) is 12. The number of amides is 4. The summed E-state index contributed by atoms with van der Waals surface area (Å²) in [6.45, 7) is 4.58. The number of sulfone groups is 1. The topological polar surface area (TPSA) is 537 Å². The summed E-state index contributed by atoms with van der Waals surface area (Å²) in [5.74, 6) is -1.52. The molecule has 2 aromatic heterocycles. The number of primary amides is 2. The molecule has 82 heavy (non-hydrogen) atoms. The van der Waals surface area contributed by atoms with Crippen LogP contribution < -0.4 is 43.4 Å². The SMILES string of the molecule is C=CS(=O)(=O)c1ccc(/N=N/c2ccc(Nc3nc(F)nc(NCC(C)Nc4nc(F)nc(Nc5ccc(/N=N/c6cc7c(S(=O)(=O)O)cc(S(=O)(=O)O)cc7cc6S(=O)(=O)O)c(NC(N)=O)c5)n4)n3)cc2NC(N)=O)c(S(=O)(=O)O)c1.